The van der Waals surface area contributed by atoms with E-state index in [9.17, 15) is 4.79 Å². The smallest absolute Gasteiger partial charge is 0.271 e. The molecule has 144 valence electrons. The number of ether oxygens (including phenoxy) is 1. The Hall–Kier alpha value is -2.48. The molecule has 0 radical (unpaired) electrons. The zero-order valence-electron chi connectivity index (χ0n) is 15.2. The third-order valence-corrected chi connectivity index (χ3v) is 5.72. The molecule has 0 unspecified atom stereocenters. The molecule has 1 aromatic carbocycles. The first-order valence-corrected chi connectivity index (χ1v) is 9.75. The molecule has 2 fully saturated rings. The van der Waals surface area contributed by atoms with Crippen molar-refractivity contribution in [3.05, 3.63) is 65.2 Å². The van der Waals surface area contributed by atoms with E-state index in [4.69, 9.17) is 16.3 Å². The number of carbonyl (C=O) groups excluding carboxylic acids is 1. The van der Waals surface area contributed by atoms with E-state index < -0.39 is 0 Å². The monoisotopic (exact) mass is 397 g/mol. The maximum Gasteiger partial charge on any atom is 0.271 e. The Labute approximate surface area is 167 Å². The van der Waals surface area contributed by atoms with Gasteiger partial charge in [-0.2, -0.15) is 0 Å². The molecule has 3 atom stereocenters. The van der Waals surface area contributed by atoms with Crippen LogP contribution in [0.2, 0.25) is 5.02 Å². The fourth-order valence-electron chi connectivity index (χ4n) is 4.06. The van der Waals surface area contributed by atoms with Crippen LogP contribution in [0.5, 0.6) is 0 Å². The van der Waals surface area contributed by atoms with E-state index in [1.165, 1.54) is 0 Å². The number of nitrogens with one attached hydrogen (secondary N) is 1. The third kappa shape index (κ3) is 3.37. The van der Waals surface area contributed by atoms with Crippen LogP contribution in [0.25, 0.3) is 5.78 Å². The van der Waals surface area contributed by atoms with E-state index in [1.807, 2.05) is 36.5 Å². The van der Waals surface area contributed by atoms with Gasteiger partial charge in [-0.05, 0) is 30.2 Å². The maximum atomic E-state index is 12.6. The van der Waals surface area contributed by atoms with E-state index in [0.29, 0.717) is 24.1 Å². The normalized spacial score (nSPS) is 25.0. The molecule has 0 bridgehead atoms. The summed E-state index contributed by atoms with van der Waals surface area (Å²) >= 11 is 5.98. The average molecular weight is 398 g/mol. The predicted molar refractivity (Wildman–Crippen MR) is 104 cm³/mol. The number of halogens is 1. The van der Waals surface area contributed by atoms with Crippen LogP contribution in [-0.4, -0.2) is 57.0 Å². The van der Waals surface area contributed by atoms with Crippen LogP contribution >= 0.6 is 11.6 Å². The van der Waals surface area contributed by atoms with E-state index in [1.54, 1.807) is 16.8 Å². The largest absolute Gasteiger partial charge is 0.371 e. The third-order valence-electron chi connectivity index (χ3n) is 5.46. The van der Waals surface area contributed by atoms with Crippen molar-refractivity contribution in [2.24, 2.45) is 0 Å². The van der Waals surface area contributed by atoms with E-state index in [-0.39, 0.29) is 18.1 Å². The SMILES string of the molecule is O=C(N[C@H]1C[C@H]2CO[C@@H](c3ccc(Cl)cc3)CN2C1)c1cn2cccnc2n1. The number of hydrogen-bond donors (Lipinski definition) is 1. The lowest BCUT2D eigenvalue weighted by Crippen LogP contribution is -2.43. The lowest BCUT2D eigenvalue weighted by Gasteiger charge is -2.35. The molecule has 1 amide bonds. The van der Waals surface area contributed by atoms with Gasteiger partial charge in [-0.3, -0.25) is 14.1 Å². The summed E-state index contributed by atoms with van der Waals surface area (Å²) in [6, 6.07) is 10.0. The van der Waals surface area contributed by atoms with Crippen molar-refractivity contribution in [2.75, 3.05) is 19.7 Å². The minimum Gasteiger partial charge on any atom is -0.371 e. The number of hydrogen-bond acceptors (Lipinski definition) is 5. The van der Waals surface area contributed by atoms with Crippen LogP contribution in [-0.2, 0) is 4.74 Å². The number of rotatable bonds is 3. The summed E-state index contributed by atoms with van der Waals surface area (Å²) in [7, 11) is 0. The molecule has 2 aromatic heterocycles. The molecule has 0 spiro atoms. The fourth-order valence-corrected chi connectivity index (χ4v) is 4.18. The van der Waals surface area contributed by atoms with Crippen molar-refractivity contribution in [1.29, 1.82) is 0 Å². The quantitative estimate of drug-likeness (QED) is 0.734. The Morgan fingerprint density at radius 2 is 2.11 bits per heavy atom. The summed E-state index contributed by atoms with van der Waals surface area (Å²) < 4.78 is 7.82. The van der Waals surface area contributed by atoms with Gasteiger partial charge in [0, 0.05) is 48.8 Å². The van der Waals surface area contributed by atoms with Crippen molar-refractivity contribution in [1.82, 2.24) is 24.6 Å². The Kier molecular flexibility index (Phi) is 4.50. The molecule has 8 heteroatoms. The van der Waals surface area contributed by atoms with E-state index in [2.05, 4.69) is 20.2 Å². The molecular weight excluding hydrogens is 378 g/mol. The van der Waals surface area contributed by atoms with Gasteiger partial charge in [0.1, 0.15) is 5.69 Å². The molecule has 2 saturated heterocycles. The zero-order chi connectivity index (χ0) is 19.1. The standard InChI is InChI=1S/C20H20ClN5O2/c21-14-4-2-13(3-5-14)18-11-26-9-15(8-16(26)12-28-18)23-19(27)17-10-25-7-1-6-22-20(25)24-17/h1-7,10,15-16,18H,8-9,11-12H2,(H,23,27)/t15-,16-,18+/m0/s1. The van der Waals surface area contributed by atoms with Gasteiger partial charge in [-0.15, -0.1) is 0 Å². The second-order valence-corrected chi connectivity index (χ2v) is 7.78. The lowest BCUT2D eigenvalue weighted by molar-refractivity contribution is -0.0502. The van der Waals surface area contributed by atoms with Crippen molar-refractivity contribution in [3.8, 4) is 0 Å². The van der Waals surface area contributed by atoms with Crippen LogP contribution < -0.4 is 5.32 Å². The van der Waals surface area contributed by atoms with Gasteiger partial charge in [-0.1, -0.05) is 23.7 Å². The topological polar surface area (TPSA) is 71.8 Å². The summed E-state index contributed by atoms with van der Waals surface area (Å²) in [6.45, 7) is 2.30. The molecule has 4 heterocycles. The van der Waals surface area contributed by atoms with Gasteiger partial charge in [-0.25, -0.2) is 9.97 Å². The summed E-state index contributed by atoms with van der Waals surface area (Å²) in [6.07, 6.45) is 6.11. The second-order valence-electron chi connectivity index (χ2n) is 7.34. The molecule has 2 aliphatic heterocycles. The summed E-state index contributed by atoms with van der Waals surface area (Å²) in [5.74, 6) is 0.362. The summed E-state index contributed by atoms with van der Waals surface area (Å²) in [5, 5.41) is 3.84. The van der Waals surface area contributed by atoms with Crippen LogP contribution in [0, 0.1) is 0 Å². The molecular formula is C20H20ClN5O2. The van der Waals surface area contributed by atoms with Crippen LogP contribution in [0.3, 0.4) is 0 Å². The highest BCUT2D eigenvalue weighted by Gasteiger charge is 2.38. The molecule has 0 aliphatic carbocycles. The van der Waals surface area contributed by atoms with Gasteiger partial charge < -0.3 is 10.1 Å². The van der Waals surface area contributed by atoms with Crippen LogP contribution in [0.4, 0.5) is 0 Å². The van der Waals surface area contributed by atoms with Crippen molar-refractivity contribution >= 4 is 23.3 Å². The number of aromatic nitrogens is 3. The number of morpholine rings is 1. The first kappa shape index (κ1) is 17.6. The van der Waals surface area contributed by atoms with E-state index >= 15 is 0 Å². The van der Waals surface area contributed by atoms with Crippen molar-refractivity contribution in [3.63, 3.8) is 0 Å². The van der Waals surface area contributed by atoms with Gasteiger partial charge in [0.25, 0.3) is 5.91 Å². The highest BCUT2D eigenvalue weighted by atomic mass is 35.5. The number of nitrogens with zero attached hydrogens (tertiary/aromatic N) is 4. The van der Waals surface area contributed by atoms with Gasteiger partial charge >= 0.3 is 0 Å². The Balaban J connectivity index is 1.23. The summed E-state index contributed by atoms with van der Waals surface area (Å²) in [5.41, 5.74) is 1.52. The molecule has 2 aliphatic rings. The highest BCUT2D eigenvalue weighted by Crippen LogP contribution is 2.30. The predicted octanol–water partition coefficient (Wildman–Crippen LogP) is 2.33. The van der Waals surface area contributed by atoms with Gasteiger partial charge in [0.05, 0.1) is 12.7 Å². The first-order valence-electron chi connectivity index (χ1n) is 9.37. The minimum atomic E-state index is -0.162. The fraction of sp³-hybridized carbons (Fsp3) is 0.350. The lowest BCUT2D eigenvalue weighted by atomic mass is 10.1. The van der Waals surface area contributed by atoms with E-state index in [0.717, 1.165) is 30.1 Å². The van der Waals surface area contributed by atoms with Crippen LogP contribution in [0.1, 0.15) is 28.6 Å². The average Bonchev–Trinajstić information content (AvgIpc) is 3.31. The summed E-state index contributed by atoms with van der Waals surface area (Å²) in [4.78, 5) is 23.5. The molecule has 1 N–H and O–H groups in total. The second kappa shape index (κ2) is 7.16. The van der Waals surface area contributed by atoms with Crippen molar-refractivity contribution in [2.45, 2.75) is 24.6 Å². The van der Waals surface area contributed by atoms with Crippen molar-refractivity contribution < 1.29 is 9.53 Å². The highest BCUT2D eigenvalue weighted by molar-refractivity contribution is 6.30. The minimum absolute atomic E-state index is 0.0347. The Morgan fingerprint density at radius 1 is 1.25 bits per heavy atom. The number of imidazole rings is 1. The molecule has 7 nitrogen and oxygen atoms in total. The zero-order valence-corrected chi connectivity index (χ0v) is 15.9. The Morgan fingerprint density at radius 3 is 2.93 bits per heavy atom. The molecule has 0 saturated carbocycles. The number of amides is 1. The number of benzene rings is 1. The van der Waals surface area contributed by atoms with Gasteiger partial charge in [0.2, 0.25) is 5.78 Å². The molecule has 3 aromatic rings. The maximum absolute atomic E-state index is 12.6. The number of carbonyl (C=O) groups is 1. The van der Waals surface area contributed by atoms with Gasteiger partial charge in [0.15, 0.2) is 0 Å². The molecule has 5 rings (SSSR count). The first-order chi connectivity index (χ1) is 13.7. The molecule has 28 heavy (non-hydrogen) atoms. The number of fused-ring (bicyclic) bond motifs is 2. The Bertz CT molecular complexity index is 972. The van der Waals surface area contributed by atoms with Crippen LogP contribution in [0.15, 0.2) is 48.9 Å².